The summed E-state index contributed by atoms with van der Waals surface area (Å²) >= 11 is 0. The minimum atomic E-state index is 0.539. The lowest BCUT2D eigenvalue weighted by atomic mass is 10.4. The molecule has 1 aromatic heterocycles. The lowest BCUT2D eigenvalue weighted by molar-refractivity contribution is 0.346. The maximum Gasteiger partial charge on any atom is 0.232 e. The van der Waals surface area contributed by atoms with Gasteiger partial charge in [0.05, 0.1) is 18.1 Å². The number of hydrogen-bond donors (Lipinski definition) is 1. The van der Waals surface area contributed by atoms with E-state index in [-0.39, 0.29) is 0 Å². The van der Waals surface area contributed by atoms with Gasteiger partial charge in [0.2, 0.25) is 5.88 Å². The predicted molar refractivity (Wildman–Crippen MR) is 59.7 cm³/mol. The predicted octanol–water partition coefficient (Wildman–Crippen LogP) is 1.54. The summed E-state index contributed by atoms with van der Waals surface area (Å²) in [6, 6.07) is 0. The monoisotopic (exact) mass is 207 g/mol. The Labute approximate surface area is 90.4 Å². The first-order valence-corrected chi connectivity index (χ1v) is 5.12. The van der Waals surface area contributed by atoms with Crippen molar-refractivity contribution in [1.29, 1.82) is 0 Å². The van der Waals surface area contributed by atoms with E-state index in [1.165, 1.54) is 0 Å². The van der Waals surface area contributed by atoms with Crippen LogP contribution in [0.5, 0.6) is 5.88 Å². The molecule has 0 fully saturated rings. The summed E-state index contributed by atoms with van der Waals surface area (Å²) in [6.45, 7) is 6.23. The normalized spacial score (nSPS) is 10.8. The van der Waals surface area contributed by atoms with Gasteiger partial charge in [-0.1, -0.05) is 19.1 Å². The van der Waals surface area contributed by atoms with Crippen LogP contribution < -0.4 is 10.1 Å². The van der Waals surface area contributed by atoms with Crippen molar-refractivity contribution in [2.24, 2.45) is 0 Å². The summed E-state index contributed by atoms with van der Waals surface area (Å²) in [5.41, 5.74) is 0.926. The molecule has 1 aromatic rings. The van der Waals surface area contributed by atoms with Crippen LogP contribution in [0.15, 0.2) is 24.5 Å². The molecule has 0 saturated carbocycles. The maximum absolute atomic E-state index is 5.33. The third kappa shape index (κ3) is 4.56. The molecule has 1 rings (SSSR count). The van der Waals surface area contributed by atoms with Crippen molar-refractivity contribution in [2.45, 2.75) is 20.4 Å². The number of nitrogens with one attached hydrogen (secondary N) is 1. The molecule has 1 heterocycles. The van der Waals surface area contributed by atoms with Crippen LogP contribution in [0.3, 0.4) is 0 Å². The molecule has 82 valence electrons. The van der Waals surface area contributed by atoms with E-state index in [9.17, 15) is 0 Å². The van der Waals surface area contributed by atoms with Crippen LogP contribution in [0.4, 0.5) is 0 Å². The van der Waals surface area contributed by atoms with Gasteiger partial charge in [0.1, 0.15) is 6.61 Å². The van der Waals surface area contributed by atoms with Crippen LogP contribution in [-0.2, 0) is 6.54 Å². The van der Waals surface area contributed by atoms with E-state index in [4.69, 9.17) is 4.74 Å². The number of nitrogens with zero attached hydrogens (tertiary/aromatic N) is 2. The lowest BCUT2D eigenvalue weighted by Gasteiger charge is -2.03. The molecule has 0 amide bonds. The molecule has 0 spiro atoms. The van der Waals surface area contributed by atoms with Crippen molar-refractivity contribution in [3.8, 4) is 5.88 Å². The summed E-state index contributed by atoms with van der Waals surface area (Å²) in [4.78, 5) is 8.37. The minimum Gasteiger partial charge on any atom is -0.472 e. The molecule has 15 heavy (non-hydrogen) atoms. The summed E-state index contributed by atoms with van der Waals surface area (Å²) in [7, 11) is 0. The first-order chi connectivity index (χ1) is 7.36. The van der Waals surface area contributed by atoms with Gasteiger partial charge in [0.25, 0.3) is 0 Å². The highest BCUT2D eigenvalue weighted by Crippen LogP contribution is 2.03. The van der Waals surface area contributed by atoms with E-state index in [1.807, 2.05) is 19.1 Å². The molecule has 0 aliphatic rings. The third-order valence-electron chi connectivity index (χ3n) is 1.80. The number of hydrogen-bond acceptors (Lipinski definition) is 4. The molecule has 4 nitrogen and oxygen atoms in total. The molecule has 0 aliphatic heterocycles. The molecule has 1 N–H and O–H groups in total. The Morgan fingerprint density at radius 2 is 2.27 bits per heavy atom. The quantitative estimate of drug-likeness (QED) is 0.719. The molecule has 4 heteroatoms. The van der Waals surface area contributed by atoms with Crippen LogP contribution in [0.25, 0.3) is 0 Å². The zero-order valence-electron chi connectivity index (χ0n) is 9.23. The van der Waals surface area contributed by atoms with E-state index >= 15 is 0 Å². The standard InChI is InChI=1S/C11H17N3O/c1-3-5-6-15-11-9-13-10(8-14-11)7-12-4-2/h3,5,8-9,12H,4,6-7H2,1-2H3/b5-3+. The first kappa shape index (κ1) is 11.7. The zero-order chi connectivity index (χ0) is 10.9. The Hall–Kier alpha value is -1.42. The fourth-order valence-corrected chi connectivity index (χ4v) is 0.992. The smallest absolute Gasteiger partial charge is 0.232 e. The van der Waals surface area contributed by atoms with Crippen LogP contribution in [0.1, 0.15) is 19.5 Å². The van der Waals surface area contributed by atoms with Crippen molar-refractivity contribution in [3.05, 3.63) is 30.2 Å². The van der Waals surface area contributed by atoms with Gasteiger partial charge in [-0.2, -0.15) is 0 Å². The van der Waals surface area contributed by atoms with Crippen molar-refractivity contribution in [1.82, 2.24) is 15.3 Å². The van der Waals surface area contributed by atoms with Gasteiger partial charge < -0.3 is 10.1 Å². The van der Waals surface area contributed by atoms with Gasteiger partial charge in [-0.25, -0.2) is 4.98 Å². The topological polar surface area (TPSA) is 47.0 Å². The first-order valence-electron chi connectivity index (χ1n) is 5.12. The Morgan fingerprint density at radius 3 is 2.87 bits per heavy atom. The number of aromatic nitrogens is 2. The van der Waals surface area contributed by atoms with Crippen LogP contribution in [0, 0.1) is 0 Å². The highest BCUT2D eigenvalue weighted by atomic mass is 16.5. The Morgan fingerprint density at radius 1 is 1.40 bits per heavy atom. The van der Waals surface area contributed by atoms with Gasteiger partial charge in [-0.15, -0.1) is 0 Å². The summed E-state index contributed by atoms with van der Waals surface area (Å²) in [5, 5.41) is 3.18. The fraction of sp³-hybridized carbons (Fsp3) is 0.455. The van der Waals surface area contributed by atoms with Crippen LogP contribution in [-0.4, -0.2) is 23.1 Å². The van der Waals surface area contributed by atoms with E-state index in [2.05, 4.69) is 22.2 Å². The van der Waals surface area contributed by atoms with Crippen molar-refractivity contribution < 1.29 is 4.74 Å². The second-order valence-electron chi connectivity index (χ2n) is 3.01. The molecule has 0 bridgehead atoms. The number of rotatable bonds is 6. The zero-order valence-corrected chi connectivity index (χ0v) is 9.23. The molecule has 0 unspecified atom stereocenters. The van der Waals surface area contributed by atoms with Gasteiger partial charge >= 0.3 is 0 Å². The molecule has 0 aromatic carbocycles. The molecule has 0 saturated heterocycles. The van der Waals surface area contributed by atoms with Gasteiger partial charge in [0, 0.05) is 6.54 Å². The van der Waals surface area contributed by atoms with Crippen LogP contribution in [0.2, 0.25) is 0 Å². The lowest BCUT2D eigenvalue weighted by Crippen LogP contribution is -2.13. The maximum atomic E-state index is 5.33. The van der Waals surface area contributed by atoms with E-state index < -0.39 is 0 Å². The van der Waals surface area contributed by atoms with Gasteiger partial charge in [-0.3, -0.25) is 4.98 Å². The van der Waals surface area contributed by atoms with Crippen LogP contribution >= 0.6 is 0 Å². The number of ether oxygens (including phenoxy) is 1. The van der Waals surface area contributed by atoms with Gasteiger partial charge in [-0.05, 0) is 13.5 Å². The molecule has 0 atom stereocenters. The Kier molecular flexibility index (Phi) is 5.40. The summed E-state index contributed by atoms with van der Waals surface area (Å²) in [6.07, 6.45) is 7.24. The number of allylic oxidation sites excluding steroid dienone is 1. The SMILES string of the molecule is C/C=C/COc1cnc(CNCC)cn1. The second-order valence-corrected chi connectivity index (χ2v) is 3.01. The van der Waals surface area contributed by atoms with Gasteiger partial charge in [0.15, 0.2) is 0 Å². The summed E-state index contributed by atoms with van der Waals surface area (Å²) < 4.78 is 5.33. The van der Waals surface area contributed by atoms with E-state index in [0.717, 1.165) is 18.8 Å². The molecular weight excluding hydrogens is 190 g/mol. The third-order valence-corrected chi connectivity index (χ3v) is 1.80. The minimum absolute atomic E-state index is 0.539. The largest absolute Gasteiger partial charge is 0.472 e. The Bertz CT molecular complexity index is 295. The average molecular weight is 207 g/mol. The Balaban J connectivity index is 2.41. The second kappa shape index (κ2) is 6.95. The van der Waals surface area contributed by atoms with Crippen molar-refractivity contribution >= 4 is 0 Å². The molecular formula is C11H17N3O. The molecule has 0 aliphatic carbocycles. The van der Waals surface area contributed by atoms with Crippen molar-refractivity contribution in [3.63, 3.8) is 0 Å². The summed E-state index contributed by atoms with van der Waals surface area (Å²) in [5.74, 6) is 0.563. The fourth-order valence-electron chi connectivity index (χ4n) is 0.992. The highest BCUT2D eigenvalue weighted by molar-refractivity contribution is 5.07. The van der Waals surface area contributed by atoms with E-state index in [0.29, 0.717) is 12.5 Å². The van der Waals surface area contributed by atoms with E-state index in [1.54, 1.807) is 12.4 Å². The highest BCUT2D eigenvalue weighted by Gasteiger charge is 1.96. The molecule has 0 radical (unpaired) electrons. The van der Waals surface area contributed by atoms with Crippen molar-refractivity contribution in [2.75, 3.05) is 13.2 Å². The average Bonchev–Trinajstić information content (AvgIpc) is 2.28.